The van der Waals surface area contributed by atoms with E-state index in [-0.39, 0.29) is 18.1 Å². The standard InChI is InChI=1S/C18H23N3O3/c1-13-14(2)24-17(19-13)20-18(22)21-10-8-16(9-11-21)23-12-15-6-4-3-5-7-15/h3-7,16H,8-12H2,1-2H3,(H,19,20,22). The first kappa shape index (κ1) is 16.5. The number of ether oxygens (including phenoxy) is 1. The van der Waals surface area contributed by atoms with Crippen molar-refractivity contribution in [2.45, 2.75) is 39.4 Å². The number of rotatable bonds is 4. The SMILES string of the molecule is Cc1nc(NC(=O)N2CCC(OCc3ccccc3)CC2)oc1C. The Balaban J connectivity index is 1.43. The number of hydrogen-bond donors (Lipinski definition) is 1. The molecule has 0 spiro atoms. The number of benzene rings is 1. The predicted molar refractivity (Wildman–Crippen MR) is 90.8 cm³/mol. The normalized spacial score (nSPS) is 15.5. The molecule has 1 N–H and O–H groups in total. The van der Waals surface area contributed by atoms with Crippen molar-refractivity contribution in [1.29, 1.82) is 0 Å². The Kier molecular flexibility index (Phi) is 5.15. The highest BCUT2D eigenvalue weighted by Crippen LogP contribution is 2.18. The molecule has 1 aromatic carbocycles. The van der Waals surface area contributed by atoms with Crippen molar-refractivity contribution < 1.29 is 13.9 Å². The van der Waals surface area contributed by atoms with E-state index in [1.165, 1.54) is 5.56 Å². The van der Waals surface area contributed by atoms with Crippen LogP contribution in [0.5, 0.6) is 0 Å². The number of anilines is 1. The summed E-state index contributed by atoms with van der Waals surface area (Å²) in [5.41, 5.74) is 1.96. The summed E-state index contributed by atoms with van der Waals surface area (Å²) in [5.74, 6) is 0.721. The maximum Gasteiger partial charge on any atom is 0.325 e. The van der Waals surface area contributed by atoms with Crippen LogP contribution < -0.4 is 5.32 Å². The average molecular weight is 329 g/mol. The molecule has 1 aliphatic heterocycles. The summed E-state index contributed by atoms with van der Waals surface area (Å²) < 4.78 is 11.3. The number of urea groups is 1. The van der Waals surface area contributed by atoms with Gasteiger partial charge in [0.25, 0.3) is 0 Å². The van der Waals surface area contributed by atoms with E-state index < -0.39 is 0 Å². The summed E-state index contributed by atoms with van der Waals surface area (Å²) in [6.07, 6.45) is 1.87. The average Bonchev–Trinajstić information content (AvgIpc) is 2.92. The minimum Gasteiger partial charge on any atom is -0.428 e. The number of aromatic nitrogens is 1. The van der Waals surface area contributed by atoms with Crippen LogP contribution in [-0.4, -0.2) is 35.1 Å². The van der Waals surface area contributed by atoms with E-state index in [1.54, 1.807) is 4.90 Å². The first-order chi connectivity index (χ1) is 11.6. The van der Waals surface area contributed by atoms with E-state index in [4.69, 9.17) is 9.15 Å². The largest absolute Gasteiger partial charge is 0.428 e. The number of amides is 2. The van der Waals surface area contributed by atoms with Crippen LogP contribution in [0.3, 0.4) is 0 Å². The molecule has 0 bridgehead atoms. The third kappa shape index (κ3) is 4.14. The molecule has 6 heteroatoms. The molecule has 6 nitrogen and oxygen atoms in total. The number of hydrogen-bond acceptors (Lipinski definition) is 4. The van der Waals surface area contributed by atoms with Crippen LogP contribution in [0.15, 0.2) is 34.7 Å². The van der Waals surface area contributed by atoms with Crippen molar-refractivity contribution in [3.05, 3.63) is 47.3 Å². The topological polar surface area (TPSA) is 67.6 Å². The van der Waals surface area contributed by atoms with E-state index in [9.17, 15) is 4.79 Å². The first-order valence-corrected chi connectivity index (χ1v) is 8.27. The van der Waals surface area contributed by atoms with Crippen LogP contribution >= 0.6 is 0 Å². The van der Waals surface area contributed by atoms with Crippen molar-refractivity contribution in [3.63, 3.8) is 0 Å². The Labute approximate surface area is 141 Å². The molecule has 0 aliphatic carbocycles. The Bertz CT molecular complexity index is 657. The fourth-order valence-electron chi connectivity index (χ4n) is 2.71. The van der Waals surface area contributed by atoms with Crippen molar-refractivity contribution in [1.82, 2.24) is 9.88 Å². The van der Waals surface area contributed by atoms with Gasteiger partial charge in [0.2, 0.25) is 0 Å². The number of oxazole rings is 1. The lowest BCUT2D eigenvalue weighted by molar-refractivity contribution is 0.00537. The molecule has 1 fully saturated rings. The van der Waals surface area contributed by atoms with Crippen molar-refractivity contribution >= 4 is 12.0 Å². The van der Waals surface area contributed by atoms with Gasteiger partial charge in [-0.2, -0.15) is 4.98 Å². The van der Waals surface area contributed by atoms with E-state index in [0.29, 0.717) is 19.7 Å². The summed E-state index contributed by atoms with van der Waals surface area (Å²) in [6, 6.07) is 10.2. The first-order valence-electron chi connectivity index (χ1n) is 8.27. The maximum atomic E-state index is 12.2. The Morgan fingerprint density at radius 2 is 2.00 bits per heavy atom. The van der Waals surface area contributed by atoms with Gasteiger partial charge in [0.05, 0.1) is 18.4 Å². The molecule has 2 amide bonds. The third-order valence-corrected chi connectivity index (χ3v) is 4.30. The molecule has 24 heavy (non-hydrogen) atoms. The summed E-state index contributed by atoms with van der Waals surface area (Å²) in [4.78, 5) is 18.2. The molecule has 1 saturated heterocycles. The lowest BCUT2D eigenvalue weighted by atomic mass is 10.1. The number of likely N-dealkylation sites (tertiary alicyclic amines) is 1. The van der Waals surface area contributed by atoms with E-state index in [0.717, 1.165) is 24.3 Å². The predicted octanol–water partition coefficient (Wildman–Crippen LogP) is 3.50. The van der Waals surface area contributed by atoms with E-state index >= 15 is 0 Å². The second-order valence-corrected chi connectivity index (χ2v) is 6.07. The third-order valence-electron chi connectivity index (χ3n) is 4.30. The molecule has 0 unspecified atom stereocenters. The molecule has 0 atom stereocenters. The lowest BCUT2D eigenvalue weighted by Gasteiger charge is -2.31. The fourth-order valence-corrected chi connectivity index (χ4v) is 2.71. The van der Waals surface area contributed by atoms with Crippen LogP contribution in [0, 0.1) is 13.8 Å². The van der Waals surface area contributed by atoms with Gasteiger partial charge in [-0.1, -0.05) is 30.3 Å². The molecule has 0 saturated carbocycles. The number of carbonyl (C=O) groups excluding carboxylic acids is 1. The van der Waals surface area contributed by atoms with Crippen LogP contribution in [-0.2, 0) is 11.3 Å². The van der Waals surface area contributed by atoms with Crippen molar-refractivity contribution in [3.8, 4) is 0 Å². The van der Waals surface area contributed by atoms with Gasteiger partial charge in [0.15, 0.2) is 0 Å². The molecular formula is C18H23N3O3. The second-order valence-electron chi connectivity index (χ2n) is 6.07. The van der Waals surface area contributed by atoms with Gasteiger partial charge < -0.3 is 14.1 Å². The van der Waals surface area contributed by atoms with Gasteiger partial charge in [0.1, 0.15) is 5.76 Å². The highest BCUT2D eigenvalue weighted by Gasteiger charge is 2.24. The number of piperidine rings is 1. The minimum absolute atomic E-state index is 0.169. The van der Waals surface area contributed by atoms with Gasteiger partial charge in [-0.25, -0.2) is 4.79 Å². The number of nitrogens with zero attached hydrogens (tertiary/aromatic N) is 2. The molecule has 2 heterocycles. The van der Waals surface area contributed by atoms with Crippen LogP contribution in [0.2, 0.25) is 0 Å². The number of carbonyl (C=O) groups is 1. The molecule has 0 radical (unpaired) electrons. The molecule has 3 rings (SSSR count). The number of nitrogens with one attached hydrogen (secondary N) is 1. The minimum atomic E-state index is -0.169. The summed E-state index contributed by atoms with van der Waals surface area (Å²) >= 11 is 0. The van der Waals surface area contributed by atoms with E-state index in [2.05, 4.69) is 22.4 Å². The quantitative estimate of drug-likeness (QED) is 0.932. The van der Waals surface area contributed by atoms with Crippen LogP contribution in [0.25, 0.3) is 0 Å². The van der Waals surface area contributed by atoms with Gasteiger partial charge in [-0.05, 0) is 32.3 Å². The number of aryl methyl sites for hydroxylation is 2. The highest BCUT2D eigenvalue weighted by atomic mass is 16.5. The zero-order valence-corrected chi connectivity index (χ0v) is 14.1. The zero-order chi connectivity index (χ0) is 16.9. The van der Waals surface area contributed by atoms with Crippen molar-refractivity contribution in [2.24, 2.45) is 0 Å². The monoisotopic (exact) mass is 329 g/mol. The van der Waals surface area contributed by atoms with Gasteiger partial charge in [-0.15, -0.1) is 0 Å². The van der Waals surface area contributed by atoms with Gasteiger partial charge in [-0.3, -0.25) is 5.32 Å². The second kappa shape index (κ2) is 7.49. The molecule has 2 aromatic rings. The summed E-state index contributed by atoms with van der Waals surface area (Å²) in [7, 11) is 0. The van der Waals surface area contributed by atoms with Gasteiger partial charge in [0, 0.05) is 13.1 Å². The lowest BCUT2D eigenvalue weighted by Crippen LogP contribution is -2.43. The van der Waals surface area contributed by atoms with Gasteiger partial charge >= 0.3 is 12.0 Å². The van der Waals surface area contributed by atoms with E-state index in [1.807, 2.05) is 32.0 Å². The Morgan fingerprint density at radius 1 is 1.29 bits per heavy atom. The fraction of sp³-hybridized carbons (Fsp3) is 0.444. The smallest absolute Gasteiger partial charge is 0.325 e. The van der Waals surface area contributed by atoms with Crippen molar-refractivity contribution in [2.75, 3.05) is 18.4 Å². The molecule has 1 aliphatic rings. The Hall–Kier alpha value is -2.34. The summed E-state index contributed by atoms with van der Waals surface area (Å²) in [5, 5.41) is 2.71. The molecule has 128 valence electrons. The molecule has 1 aromatic heterocycles. The highest BCUT2D eigenvalue weighted by molar-refractivity contribution is 5.87. The van der Waals surface area contributed by atoms with Crippen LogP contribution in [0.1, 0.15) is 29.9 Å². The Morgan fingerprint density at radius 3 is 2.62 bits per heavy atom. The maximum absolute atomic E-state index is 12.2. The molecular weight excluding hydrogens is 306 g/mol. The summed E-state index contributed by atoms with van der Waals surface area (Å²) in [6.45, 7) is 5.64. The van der Waals surface area contributed by atoms with Crippen LogP contribution in [0.4, 0.5) is 10.8 Å². The zero-order valence-electron chi connectivity index (χ0n) is 14.1.